The molecule has 2 N–H and O–H groups in total. The van der Waals surface area contributed by atoms with Crippen LogP contribution in [0.1, 0.15) is 32.1 Å². The Bertz CT molecular complexity index is 529. The molecule has 1 aliphatic rings. The SMILES string of the molecule is Fc1ccc2nc(NCCC3CCCC3)[nH]c2c1. The molecule has 2 aromatic rings. The summed E-state index contributed by atoms with van der Waals surface area (Å²) < 4.78 is 13.0. The molecule has 1 fully saturated rings. The molecule has 1 aliphatic carbocycles. The maximum absolute atomic E-state index is 13.0. The minimum absolute atomic E-state index is 0.233. The maximum atomic E-state index is 13.0. The smallest absolute Gasteiger partial charge is 0.201 e. The van der Waals surface area contributed by atoms with E-state index in [0.29, 0.717) is 0 Å². The van der Waals surface area contributed by atoms with Gasteiger partial charge in [-0.25, -0.2) is 9.37 Å². The number of nitrogens with zero attached hydrogens (tertiary/aromatic N) is 1. The molecular formula is C14H18FN3. The van der Waals surface area contributed by atoms with E-state index in [9.17, 15) is 4.39 Å². The van der Waals surface area contributed by atoms with E-state index in [1.165, 1.54) is 44.2 Å². The predicted molar refractivity (Wildman–Crippen MR) is 71.1 cm³/mol. The first-order chi connectivity index (χ1) is 8.81. The number of halogens is 1. The standard InChI is InChI=1S/C14H18FN3/c15-11-5-6-12-13(9-11)18-14(17-12)16-8-7-10-3-1-2-4-10/h5-6,9-10H,1-4,7-8H2,(H2,16,17,18). The third-order valence-electron chi connectivity index (χ3n) is 3.76. The van der Waals surface area contributed by atoms with Crippen LogP contribution in [0.2, 0.25) is 0 Å². The van der Waals surface area contributed by atoms with E-state index in [4.69, 9.17) is 0 Å². The Labute approximate surface area is 106 Å². The molecule has 1 aromatic heterocycles. The molecule has 0 spiro atoms. The molecule has 0 saturated heterocycles. The van der Waals surface area contributed by atoms with Crippen molar-refractivity contribution in [1.82, 2.24) is 9.97 Å². The van der Waals surface area contributed by atoms with Crippen LogP contribution in [0.3, 0.4) is 0 Å². The van der Waals surface area contributed by atoms with Crippen molar-refractivity contribution >= 4 is 17.0 Å². The zero-order valence-corrected chi connectivity index (χ0v) is 10.4. The Morgan fingerprint density at radius 1 is 1.33 bits per heavy atom. The molecule has 0 bridgehead atoms. The van der Waals surface area contributed by atoms with Crippen molar-refractivity contribution in [1.29, 1.82) is 0 Å². The zero-order chi connectivity index (χ0) is 12.4. The number of fused-ring (bicyclic) bond motifs is 1. The van der Waals surface area contributed by atoms with Crippen molar-refractivity contribution in [2.45, 2.75) is 32.1 Å². The Morgan fingerprint density at radius 3 is 3.00 bits per heavy atom. The lowest BCUT2D eigenvalue weighted by Gasteiger charge is -2.08. The summed E-state index contributed by atoms with van der Waals surface area (Å²) >= 11 is 0. The Balaban J connectivity index is 1.60. The molecular weight excluding hydrogens is 229 g/mol. The molecule has 0 radical (unpaired) electrons. The normalized spacial score (nSPS) is 16.5. The van der Waals surface area contributed by atoms with Crippen molar-refractivity contribution in [2.75, 3.05) is 11.9 Å². The maximum Gasteiger partial charge on any atom is 0.201 e. The van der Waals surface area contributed by atoms with Gasteiger partial charge in [0.15, 0.2) is 0 Å². The Kier molecular flexibility index (Phi) is 3.17. The summed E-state index contributed by atoms with van der Waals surface area (Å²) in [6.07, 6.45) is 6.70. The molecule has 0 atom stereocenters. The molecule has 1 saturated carbocycles. The number of rotatable bonds is 4. The summed E-state index contributed by atoms with van der Waals surface area (Å²) in [4.78, 5) is 7.48. The molecule has 1 heterocycles. The second-order valence-corrected chi connectivity index (χ2v) is 5.11. The highest BCUT2D eigenvalue weighted by Crippen LogP contribution is 2.27. The van der Waals surface area contributed by atoms with Crippen molar-refractivity contribution in [3.05, 3.63) is 24.0 Å². The van der Waals surface area contributed by atoms with Crippen LogP contribution in [0, 0.1) is 11.7 Å². The van der Waals surface area contributed by atoms with Crippen molar-refractivity contribution in [3.63, 3.8) is 0 Å². The van der Waals surface area contributed by atoms with Gasteiger partial charge in [-0.1, -0.05) is 25.7 Å². The molecule has 96 valence electrons. The zero-order valence-electron chi connectivity index (χ0n) is 10.4. The number of hydrogen-bond acceptors (Lipinski definition) is 2. The largest absolute Gasteiger partial charge is 0.356 e. The van der Waals surface area contributed by atoms with Gasteiger partial charge < -0.3 is 10.3 Å². The van der Waals surface area contributed by atoms with Gasteiger partial charge in [-0.2, -0.15) is 0 Å². The van der Waals surface area contributed by atoms with E-state index < -0.39 is 0 Å². The predicted octanol–water partition coefficient (Wildman–Crippen LogP) is 3.69. The second-order valence-electron chi connectivity index (χ2n) is 5.11. The number of H-pyrrole nitrogens is 1. The van der Waals surface area contributed by atoms with Crippen molar-refractivity contribution in [3.8, 4) is 0 Å². The summed E-state index contributed by atoms with van der Waals surface area (Å²) in [5, 5.41) is 3.29. The number of imidazole rings is 1. The van der Waals surface area contributed by atoms with Gasteiger partial charge in [0.1, 0.15) is 5.82 Å². The number of benzene rings is 1. The highest BCUT2D eigenvalue weighted by atomic mass is 19.1. The minimum atomic E-state index is -0.233. The van der Waals surface area contributed by atoms with E-state index >= 15 is 0 Å². The van der Waals surface area contributed by atoms with Crippen LogP contribution in [-0.2, 0) is 0 Å². The highest BCUT2D eigenvalue weighted by Gasteiger charge is 2.14. The average molecular weight is 247 g/mol. The second kappa shape index (κ2) is 4.96. The number of hydrogen-bond donors (Lipinski definition) is 2. The third kappa shape index (κ3) is 2.47. The van der Waals surface area contributed by atoms with Gasteiger partial charge in [-0.3, -0.25) is 0 Å². The first kappa shape index (κ1) is 11.5. The van der Waals surface area contributed by atoms with Gasteiger partial charge in [0.25, 0.3) is 0 Å². The molecule has 3 rings (SSSR count). The van der Waals surface area contributed by atoms with Crippen molar-refractivity contribution < 1.29 is 4.39 Å². The van der Waals surface area contributed by atoms with Crippen molar-refractivity contribution in [2.24, 2.45) is 5.92 Å². The van der Waals surface area contributed by atoms with Gasteiger partial charge in [0.2, 0.25) is 5.95 Å². The third-order valence-corrected chi connectivity index (χ3v) is 3.76. The Hall–Kier alpha value is -1.58. The summed E-state index contributed by atoms with van der Waals surface area (Å²) in [6, 6.07) is 4.61. The first-order valence-corrected chi connectivity index (χ1v) is 6.70. The summed E-state index contributed by atoms with van der Waals surface area (Å²) in [5.41, 5.74) is 1.55. The Morgan fingerprint density at radius 2 is 2.17 bits per heavy atom. The lowest BCUT2D eigenvalue weighted by Crippen LogP contribution is -2.07. The lowest BCUT2D eigenvalue weighted by molar-refractivity contribution is 0.518. The van der Waals surface area contributed by atoms with Crippen LogP contribution in [0.5, 0.6) is 0 Å². The molecule has 0 aliphatic heterocycles. The van der Waals surface area contributed by atoms with E-state index in [-0.39, 0.29) is 5.82 Å². The van der Waals surface area contributed by atoms with E-state index in [1.807, 2.05) is 0 Å². The van der Waals surface area contributed by atoms with Gasteiger partial charge in [-0.15, -0.1) is 0 Å². The quantitative estimate of drug-likeness (QED) is 0.865. The van der Waals surface area contributed by atoms with E-state index in [1.54, 1.807) is 6.07 Å². The number of aromatic amines is 1. The van der Waals surface area contributed by atoms with Gasteiger partial charge in [0, 0.05) is 6.54 Å². The summed E-state index contributed by atoms with van der Waals surface area (Å²) in [7, 11) is 0. The van der Waals surface area contributed by atoms with Gasteiger partial charge >= 0.3 is 0 Å². The molecule has 18 heavy (non-hydrogen) atoms. The summed E-state index contributed by atoms with van der Waals surface area (Å²) in [6.45, 7) is 0.937. The van der Waals surface area contributed by atoms with Gasteiger partial charge in [0.05, 0.1) is 11.0 Å². The fraction of sp³-hybridized carbons (Fsp3) is 0.500. The van der Waals surface area contributed by atoms with E-state index in [2.05, 4.69) is 15.3 Å². The van der Waals surface area contributed by atoms with Gasteiger partial charge in [-0.05, 0) is 30.5 Å². The fourth-order valence-electron chi connectivity index (χ4n) is 2.76. The summed E-state index contributed by atoms with van der Waals surface area (Å²) in [5.74, 6) is 1.39. The van der Waals surface area contributed by atoms with E-state index in [0.717, 1.165) is 29.4 Å². The molecule has 4 heteroatoms. The molecule has 0 unspecified atom stereocenters. The molecule has 3 nitrogen and oxygen atoms in total. The number of nitrogens with one attached hydrogen (secondary N) is 2. The lowest BCUT2D eigenvalue weighted by atomic mass is 10.0. The number of aromatic nitrogens is 2. The first-order valence-electron chi connectivity index (χ1n) is 6.70. The average Bonchev–Trinajstić information content (AvgIpc) is 2.97. The van der Waals surface area contributed by atoms with Crippen LogP contribution >= 0.6 is 0 Å². The van der Waals surface area contributed by atoms with Crippen LogP contribution in [0.15, 0.2) is 18.2 Å². The van der Waals surface area contributed by atoms with Crippen LogP contribution in [-0.4, -0.2) is 16.5 Å². The molecule has 1 aromatic carbocycles. The van der Waals surface area contributed by atoms with Crippen LogP contribution < -0.4 is 5.32 Å². The minimum Gasteiger partial charge on any atom is -0.356 e. The fourth-order valence-corrected chi connectivity index (χ4v) is 2.76. The highest BCUT2D eigenvalue weighted by molar-refractivity contribution is 5.77. The number of anilines is 1. The topological polar surface area (TPSA) is 40.7 Å². The van der Waals surface area contributed by atoms with Crippen LogP contribution in [0.4, 0.5) is 10.3 Å². The molecule has 0 amide bonds. The van der Waals surface area contributed by atoms with Crippen LogP contribution in [0.25, 0.3) is 11.0 Å². The monoisotopic (exact) mass is 247 g/mol.